The molecular weight excluding hydrogens is 346 g/mol. The molecule has 0 aliphatic carbocycles. The minimum Gasteiger partial charge on any atom is -0.489 e. The molecule has 1 aromatic carbocycles. The van der Waals surface area contributed by atoms with Crippen LogP contribution in [-0.2, 0) is 4.74 Å². The lowest BCUT2D eigenvalue weighted by Crippen LogP contribution is -2.40. The van der Waals surface area contributed by atoms with Gasteiger partial charge in [-0.3, -0.25) is 14.6 Å². The van der Waals surface area contributed by atoms with Crippen molar-refractivity contribution in [3.05, 3.63) is 53.9 Å². The summed E-state index contributed by atoms with van der Waals surface area (Å²) in [6.45, 7) is 5.97. The second kappa shape index (κ2) is 8.64. The van der Waals surface area contributed by atoms with Crippen LogP contribution in [0.2, 0.25) is 0 Å². The molecule has 1 aliphatic rings. The number of carbonyl (C=O) groups excluding carboxylic acids is 2. The number of anilines is 1. The van der Waals surface area contributed by atoms with Gasteiger partial charge in [-0.1, -0.05) is 12.1 Å². The van der Waals surface area contributed by atoms with Gasteiger partial charge in [-0.25, -0.2) is 0 Å². The van der Waals surface area contributed by atoms with Crippen LogP contribution < -0.4 is 10.1 Å². The summed E-state index contributed by atoms with van der Waals surface area (Å²) >= 11 is 0. The van der Waals surface area contributed by atoms with Gasteiger partial charge in [-0.05, 0) is 38.1 Å². The van der Waals surface area contributed by atoms with Gasteiger partial charge in [-0.2, -0.15) is 0 Å². The van der Waals surface area contributed by atoms with Crippen molar-refractivity contribution >= 4 is 17.5 Å². The Balaban J connectivity index is 1.75. The van der Waals surface area contributed by atoms with Crippen LogP contribution in [0.4, 0.5) is 5.69 Å². The third kappa shape index (κ3) is 4.83. The average molecular weight is 369 g/mol. The molecule has 0 unspecified atom stereocenters. The van der Waals surface area contributed by atoms with Crippen molar-refractivity contribution in [1.29, 1.82) is 0 Å². The quantitative estimate of drug-likeness (QED) is 0.876. The summed E-state index contributed by atoms with van der Waals surface area (Å²) in [7, 11) is 0. The number of para-hydroxylation sites is 2. The van der Waals surface area contributed by atoms with Crippen molar-refractivity contribution in [2.24, 2.45) is 0 Å². The SMILES string of the molecule is CC(C)Oc1ccccc1NC(=O)c1cc(C(=O)N2CCOCC2)ccn1. The number of amides is 2. The number of pyridine rings is 1. The zero-order valence-corrected chi connectivity index (χ0v) is 15.5. The monoisotopic (exact) mass is 369 g/mol. The summed E-state index contributed by atoms with van der Waals surface area (Å²) in [5, 5.41) is 2.81. The second-order valence-corrected chi connectivity index (χ2v) is 6.45. The molecule has 142 valence electrons. The van der Waals surface area contributed by atoms with Gasteiger partial charge in [0.2, 0.25) is 0 Å². The van der Waals surface area contributed by atoms with Gasteiger partial charge >= 0.3 is 0 Å². The van der Waals surface area contributed by atoms with E-state index >= 15 is 0 Å². The van der Waals surface area contributed by atoms with E-state index in [-0.39, 0.29) is 17.7 Å². The van der Waals surface area contributed by atoms with Gasteiger partial charge in [0, 0.05) is 24.8 Å². The number of nitrogens with one attached hydrogen (secondary N) is 1. The Bertz CT molecular complexity index is 816. The summed E-state index contributed by atoms with van der Waals surface area (Å²) in [5.74, 6) is 0.0612. The highest BCUT2D eigenvalue weighted by Gasteiger charge is 2.20. The number of rotatable bonds is 5. The lowest BCUT2D eigenvalue weighted by atomic mass is 10.2. The maximum atomic E-state index is 12.6. The molecule has 3 rings (SSSR count). The minimum absolute atomic E-state index is 0.0179. The number of hydrogen-bond donors (Lipinski definition) is 1. The molecule has 0 radical (unpaired) electrons. The fraction of sp³-hybridized carbons (Fsp3) is 0.350. The van der Waals surface area contributed by atoms with Crippen LogP contribution in [-0.4, -0.2) is 54.1 Å². The van der Waals surface area contributed by atoms with E-state index in [4.69, 9.17) is 9.47 Å². The number of ether oxygens (including phenoxy) is 2. The Labute approximate surface area is 158 Å². The first-order chi connectivity index (χ1) is 13.0. The predicted molar refractivity (Wildman–Crippen MR) is 101 cm³/mol. The Morgan fingerprint density at radius 3 is 2.67 bits per heavy atom. The lowest BCUT2D eigenvalue weighted by molar-refractivity contribution is 0.0303. The molecule has 7 heteroatoms. The van der Waals surface area contributed by atoms with Crippen molar-refractivity contribution < 1.29 is 19.1 Å². The van der Waals surface area contributed by atoms with Crippen LogP contribution in [0.3, 0.4) is 0 Å². The molecule has 0 saturated carbocycles. The van der Waals surface area contributed by atoms with Gasteiger partial charge in [-0.15, -0.1) is 0 Å². The predicted octanol–water partition coefficient (Wildman–Crippen LogP) is 2.59. The van der Waals surface area contributed by atoms with E-state index in [1.165, 1.54) is 12.3 Å². The van der Waals surface area contributed by atoms with Crippen LogP contribution in [0.5, 0.6) is 5.75 Å². The number of nitrogens with zero attached hydrogens (tertiary/aromatic N) is 2. The van der Waals surface area contributed by atoms with Crippen LogP contribution in [0.1, 0.15) is 34.7 Å². The fourth-order valence-electron chi connectivity index (χ4n) is 2.75. The molecular formula is C20H23N3O4. The van der Waals surface area contributed by atoms with Gasteiger partial charge in [0.15, 0.2) is 0 Å². The molecule has 27 heavy (non-hydrogen) atoms. The lowest BCUT2D eigenvalue weighted by Gasteiger charge is -2.26. The van der Waals surface area contributed by atoms with E-state index in [1.54, 1.807) is 23.1 Å². The van der Waals surface area contributed by atoms with Gasteiger partial charge in [0.25, 0.3) is 11.8 Å². The standard InChI is InChI=1S/C20H23N3O4/c1-14(2)27-18-6-4-3-5-16(18)22-19(24)17-13-15(7-8-21-17)20(25)23-9-11-26-12-10-23/h3-8,13-14H,9-12H2,1-2H3,(H,22,24). The molecule has 1 N–H and O–H groups in total. The molecule has 1 aromatic heterocycles. The van der Waals surface area contributed by atoms with Gasteiger partial charge < -0.3 is 19.7 Å². The van der Waals surface area contributed by atoms with E-state index in [0.29, 0.717) is 43.3 Å². The van der Waals surface area contributed by atoms with E-state index in [2.05, 4.69) is 10.3 Å². The zero-order valence-electron chi connectivity index (χ0n) is 15.5. The molecule has 1 saturated heterocycles. The Morgan fingerprint density at radius 2 is 1.93 bits per heavy atom. The Kier molecular flexibility index (Phi) is 6.03. The summed E-state index contributed by atoms with van der Waals surface area (Å²) in [5.41, 5.74) is 1.17. The fourth-order valence-corrected chi connectivity index (χ4v) is 2.75. The molecule has 2 heterocycles. The summed E-state index contributed by atoms with van der Waals surface area (Å²) in [4.78, 5) is 31.0. The highest BCUT2D eigenvalue weighted by molar-refractivity contribution is 6.05. The number of carbonyl (C=O) groups is 2. The van der Waals surface area contributed by atoms with E-state index < -0.39 is 5.91 Å². The third-order valence-electron chi connectivity index (χ3n) is 4.04. The Hall–Kier alpha value is -2.93. The first kappa shape index (κ1) is 18.8. The summed E-state index contributed by atoms with van der Waals surface area (Å²) in [6.07, 6.45) is 1.45. The van der Waals surface area contributed by atoms with Crippen LogP contribution in [0.25, 0.3) is 0 Å². The molecule has 0 spiro atoms. The molecule has 1 fully saturated rings. The summed E-state index contributed by atoms with van der Waals surface area (Å²) < 4.78 is 11.0. The van der Waals surface area contributed by atoms with Crippen molar-refractivity contribution in [1.82, 2.24) is 9.88 Å². The number of benzene rings is 1. The topological polar surface area (TPSA) is 80.8 Å². The highest BCUT2D eigenvalue weighted by Crippen LogP contribution is 2.25. The van der Waals surface area contributed by atoms with Crippen molar-refractivity contribution in [2.45, 2.75) is 20.0 Å². The highest BCUT2D eigenvalue weighted by atomic mass is 16.5. The van der Waals surface area contributed by atoms with Crippen LogP contribution >= 0.6 is 0 Å². The van der Waals surface area contributed by atoms with Crippen LogP contribution in [0.15, 0.2) is 42.6 Å². The second-order valence-electron chi connectivity index (χ2n) is 6.45. The third-order valence-corrected chi connectivity index (χ3v) is 4.04. The molecule has 7 nitrogen and oxygen atoms in total. The van der Waals surface area contributed by atoms with E-state index in [1.807, 2.05) is 26.0 Å². The maximum Gasteiger partial charge on any atom is 0.274 e. The zero-order chi connectivity index (χ0) is 19.2. The van der Waals surface area contributed by atoms with Gasteiger partial charge in [0.05, 0.1) is 25.0 Å². The molecule has 0 atom stereocenters. The van der Waals surface area contributed by atoms with Crippen molar-refractivity contribution in [3.63, 3.8) is 0 Å². The first-order valence-electron chi connectivity index (χ1n) is 8.94. The summed E-state index contributed by atoms with van der Waals surface area (Å²) in [6, 6.07) is 10.3. The minimum atomic E-state index is -0.397. The largest absolute Gasteiger partial charge is 0.489 e. The van der Waals surface area contributed by atoms with E-state index in [0.717, 1.165) is 0 Å². The molecule has 1 aliphatic heterocycles. The Morgan fingerprint density at radius 1 is 1.19 bits per heavy atom. The van der Waals surface area contributed by atoms with Crippen LogP contribution in [0, 0.1) is 0 Å². The smallest absolute Gasteiger partial charge is 0.274 e. The molecule has 0 bridgehead atoms. The maximum absolute atomic E-state index is 12.6. The normalized spacial score (nSPS) is 14.1. The van der Waals surface area contributed by atoms with Crippen molar-refractivity contribution in [2.75, 3.05) is 31.6 Å². The first-order valence-corrected chi connectivity index (χ1v) is 8.94. The molecule has 2 aromatic rings. The molecule has 2 amide bonds. The number of aromatic nitrogens is 1. The van der Waals surface area contributed by atoms with Crippen molar-refractivity contribution in [3.8, 4) is 5.75 Å². The van der Waals surface area contributed by atoms with E-state index in [9.17, 15) is 9.59 Å². The van der Waals surface area contributed by atoms with Gasteiger partial charge in [0.1, 0.15) is 11.4 Å². The number of hydrogen-bond acceptors (Lipinski definition) is 5. The number of morpholine rings is 1. The average Bonchev–Trinajstić information content (AvgIpc) is 2.69.